The maximum absolute atomic E-state index is 12.7. The van der Waals surface area contributed by atoms with Gasteiger partial charge in [0, 0.05) is 5.02 Å². The molecule has 158 valence electrons. The van der Waals surface area contributed by atoms with E-state index in [0.29, 0.717) is 5.56 Å². The number of primary sulfonamides is 1. The molecule has 0 saturated carbocycles. The number of amides is 1. The van der Waals surface area contributed by atoms with Crippen molar-refractivity contribution in [1.82, 2.24) is 10.1 Å². The summed E-state index contributed by atoms with van der Waals surface area (Å²) in [6.45, 7) is 0. The van der Waals surface area contributed by atoms with Gasteiger partial charge in [0.15, 0.2) is 0 Å². The van der Waals surface area contributed by atoms with E-state index in [1.807, 2.05) is 0 Å². The third kappa shape index (κ3) is 4.30. The van der Waals surface area contributed by atoms with Gasteiger partial charge in [0.25, 0.3) is 11.7 Å². The summed E-state index contributed by atoms with van der Waals surface area (Å²) in [6.07, 6.45) is -4.90. The van der Waals surface area contributed by atoms with Crippen LogP contribution < -0.4 is 10.9 Å². The van der Waals surface area contributed by atoms with E-state index in [4.69, 9.17) is 22.5 Å². The van der Waals surface area contributed by atoms with Crippen LogP contribution in [0.4, 0.5) is 13.2 Å². The summed E-state index contributed by atoms with van der Waals surface area (Å²) in [5.74, 6) is -4.30. The van der Waals surface area contributed by atoms with Gasteiger partial charge >= 0.3 is 6.18 Å². The van der Waals surface area contributed by atoms with Gasteiger partial charge in [0.1, 0.15) is 0 Å². The first kappa shape index (κ1) is 21.7. The number of nitrogens with two attached hydrogens (primary N) is 2. The fraction of sp³-hybridized carbons (Fsp3) is 0.118. The molecule has 1 heterocycles. The zero-order valence-electron chi connectivity index (χ0n) is 14.7. The third-order valence-electron chi connectivity index (χ3n) is 4.06. The molecule has 4 N–H and O–H groups in total. The highest BCUT2D eigenvalue weighted by atomic mass is 35.5. The van der Waals surface area contributed by atoms with Crippen molar-refractivity contribution in [3.63, 3.8) is 0 Å². The molecule has 1 atom stereocenters. The van der Waals surface area contributed by atoms with Crippen LogP contribution in [-0.4, -0.2) is 24.5 Å². The highest BCUT2D eigenvalue weighted by molar-refractivity contribution is 7.89. The van der Waals surface area contributed by atoms with Crippen molar-refractivity contribution in [2.45, 2.75) is 17.0 Å². The van der Waals surface area contributed by atoms with Gasteiger partial charge in [-0.25, -0.2) is 13.6 Å². The van der Waals surface area contributed by atoms with Crippen molar-refractivity contribution < 1.29 is 30.9 Å². The number of aromatic nitrogens is 2. The zero-order chi connectivity index (χ0) is 22.3. The Morgan fingerprint density at radius 3 is 2.37 bits per heavy atom. The molecule has 1 aromatic heterocycles. The topological polar surface area (TPSA) is 142 Å². The lowest BCUT2D eigenvalue weighted by molar-refractivity contribution is -0.146. The van der Waals surface area contributed by atoms with E-state index in [-0.39, 0.29) is 16.1 Å². The highest BCUT2D eigenvalue weighted by Gasteiger charge is 2.38. The first-order valence-electron chi connectivity index (χ1n) is 8.01. The minimum atomic E-state index is -4.90. The number of halogens is 4. The Bertz CT molecular complexity index is 1230. The van der Waals surface area contributed by atoms with Crippen molar-refractivity contribution in [2.24, 2.45) is 10.9 Å². The molecule has 8 nitrogen and oxygen atoms in total. The monoisotopic (exact) mass is 460 g/mol. The fourth-order valence-electron chi connectivity index (χ4n) is 2.78. The number of sulfonamides is 1. The summed E-state index contributed by atoms with van der Waals surface area (Å²) < 4.78 is 67.0. The van der Waals surface area contributed by atoms with Crippen LogP contribution in [0.3, 0.4) is 0 Å². The molecule has 30 heavy (non-hydrogen) atoms. The molecule has 0 spiro atoms. The molecule has 1 amide bonds. The normalized spacial score (nSPS) is 13.2. The third-order valence-corrected chi connectivity index (χ3v) is 5.35. The van der Waals surface area contributed by atoms with Crippen LogP contribution in [0, 0.1) is 0 Å². The second kappa shape index (κ2) is 7.70. The Kier molecular flexibility index (Phi) is 5.58. The average Bonchev–Trinajstić information content (AvgIpc) is 3.13. The lowest BCUT2D eigenvalue weighted by atomic mass is 9.90. The Balaban J connectivity index is 2.19. The Hall–Kier alpha value is -2.96. The molecule has 0 aliphatic rings. The first-order valence-corrected chi connectivity index (χ1v) is 9.94. The predicted octanol–water partition coefficient (Wildman–Crippen LogP) is 2.67. The van der Waals surface area contributed by atoms with E-state index in [0.717, 1.165) is 12.1 Å². The van der Waals surface area contributed by atoms with Crippen molar-refractivity contribution in [2.75, 3.05) is 0 Å². The van der Waals surface area contributed by atoms with Gasteiger partial charge in [0.2, 0.25) is 15.9 Å². The molecule has 1 unspecified atom stereocenters. The molecule has 0 saturated heterocycles. The Morgan fingerprint density at radius 1 is 1.17 bits per heavy atom. The minimum absolute atomic E-state index is 0.0962. The molecule has 0 aliphatic heterocycles. The van der Waals surface area contributed by atoms with Gasteiger partial charge in [-0.05, 0) is 29.3 Å². The number of benzene rings is 2. The summed E-state index contributed by atoms with van der Waals surface area (Å²) in [5, 5.41) is 8.22. The van der Waals surface area contributed by atoms with Gasteiger partial charge in [-0.1, -0.05) is 41.0 Å². The van der Waals surface area contributed by atoms with E-state index in [1.165, 1.54) is 18.2 Å². The molecule has 0 aliphatic carbocycles. The van der Waals surface area contributed by atoms with Crippen molar-refractivity contribution in [3.05, 3.63) is 64.4 Å². The number of nitrogens with zero attached hydrogens (tertiary/aromatic N) is 2. The summed E-state index contributed by atoms with van der Waals surface area (Å²) in [5.41, 5.74) is 5.52. The van der Waals surface area contributed by atoms with Crippen molar-refractivity contribution in [1.29, 1.82) is 0 Å². The maximum Gasteiger partial charge on any atom is 0.455 e. The standard InChI is InChI=1S/C17H12ClF3N4O4S/c18-11-4-2-1-3-9(11)13(14(22)26)8-5-6-10(12(7-8)30(23,27)28)15-24-16(25-29-15)17(19,20)21/h1-7,13H,(H2,22,26)(H2,23,27,28). The summed E-state index contributed by atoms with van der Waals surface area (Å²) in [4.78, 5) is 14.6. The molecule has 0 radical (unpaired) electrons. The van der Waals surface area contributed by atoms with Crippen molar-refractivity contribution >= 4 is 27.5 Å². The van der Waals surface area contributed by atoms with Gasteiger partial charge in [0.05, 0.1) is 16.4 Å². The number of rotatable bonds is 5. The largest absolute Gasteiger partial charge is 0.455 e. The fourth-order valence-corrected chi connectivity index (χ4v) is 3.79. The molecule has 0 bridgehead atoms. The number of hydrogen-bond donors (Lipinski definition) is 2. The van der Waals surface area contributed by atoms with Crippen LogP contribution in [0.5, 0.6) is 0 Å². The second-order valence-electron chi connectivity index (χ2n) is 6.08. The van der Waals surface area contributed by atoms with Crippen LogP contribution in [0.1, 0.15) is 22.9 Å². The summed E-state index contributed by atoms with van der Waals surface area (Å²) in [6, 6.07) is 9.63. The number of alkyl halides is 3. The van der Waals surface area contributed by atoms with E-state index >= 15 is 0 Å². The van der Waals surface area contributed by atoms with Crippen LogP contribution in [-0.2, 0) is 21.0 Å². The van der Waals surface area contributed by atoms with Crippen molar-refractivity contribution in [3.8, 4) is 11.5 Å². The van der Waals surface area contributed by atoms with E-state index < -0.39 is 44.6 Å². The second-order valence-corrected chi connectivity index (χ2v) is 8.02. The predicted molar refractivity (Wildman–Crippen MR) is 98.6 cm³/mol. The lowest BCUT2D eigenvalue weighted by Crippen LogP contribution is -2.23. The van der Waals surface area contributed by atoms with Gasteiger partial charge < -0.3 is 10.3 Å². The number of carbonyl (C=O) groups excluding carboxylic acids is 1. The van der Waals surface area contributed by atoms with Crippen LogP contribution in [0.25, 0.3) is 11.5 Å². The summed E-state index contributed by atoms with van der Waals surface area (Å²) >= 11 is 6.12. The smallest absolute Gasteiger partial charge is 0.369 e. The van der Waals surface area contributed by atoms with E-state index in [2.05, 4.69) is 14.7 Å². The van der Waals surface area contributed by atoms with Crippen LogP contribution >= 0.6 is 11.6 Å². The number of hydrogen-bond acceptors (Lipinski definition) is 6. The maximum atomic E-state index is 12.7. The molecule has 3 rings (SSSR count). The Morgan fingerprint density at radius 2 is 1.83 bits per heavy atom. The lowest BCUT2D eigenvalue weighted by Gasteiger charge is -2.17. The Labute approximate surface area is 172 Å². The number of carbonyl (C=O) groups is 1. The van der Waals surface area contributed by atoms with E-state index in [1.54, 1.807) is 12.1 Å². The van der Waals surface area contributed by atoms with Gasteiger partial charge in [-0.2, -0.15) is 18.2 Å². The average molecular weight is 461 g/mol. The molecular formula is C17H12ClF3N4O4S. The van der Waals surface area contributed by atoms with E-state index in [9.17, 15) is 26.4 Å². The minimum Gasteiger partial charge on any atom is -0.369 e. The molecule has 13 heteroatoms. The first-order chi connectivity index (χ1) is 13.9. The van der Waals surface area contributed by atoms with Crippen LogP contribution in [0.15, 0.2) is 51.9 Å². The molecule has 0 fully saturated rings. The summed E-state index contributed by atoms with van der Waals surface area (Å²) in [7, 11) is -4.48. The zero-order valence-corrected chi connectivity index (χ0v) is 16.3. The van der Waals surface area contributed by atoms with Gasteiger partial charge in [-0.3, -0.25) is 4.79 Å². The van der Waals surface area contributed by atoms with Crippen LogP contribution in [0.2, 0.25) is 5.02 Å². The molecular weight excluding hydrogens is 449 g/mol. The quantitative estimate of drug-likeness (QED) is 0.599. The molecule has 3 aromatic rings. The van der Waals surface area contributed by atoms with Gasteiger partial charge in [-0.15, -0.1) is 0 Å². The SMILES string of the molecule is NC(=O)C(c1ccc(-c2nc(C(F)(F)F)no2)c(S(N)(=O)=O)c1)c1ccccc1Cl. The highest BCUT2D eigenvalue weighted by Crippen LogP contribution is 2.35. The number of primary amides is 1. The molecule has 2 aromatic carbocycles.